The molecule has 0 unspecified atom stereocenters. The Hall–Kier alpha value is -1.98. The maximum Gasteiger partial charge on any atom is 0.417 e. The molecular weight excluding hydrogens is 247 g/mol. The Morgan fingerprint density at radius 3 is 2.50 bits per heavy atom. The smallest absolute Gasteiger partial charge is 0.417 e. The number of hydrogen-bond donors (Lipinski definition) is 1. The predicted octanol–water partition coefficient (Wildman–Crippen LogP) is 2.86. The van der Waals surface area contributed by atoms with Crippen LogP contribution in [-0.2, 0) is 6.18 Å². The zero-order valence-electron chi connectivity index (χ0n) is 9.68. The van der Waals surface area contributed by atoms with Gasteiger partial charge in [0.05, 0.1) is 18.2 Å². The van der Waals surface area contributed by atoms with Crippen LogP contribution in [0.25, 0.3) is 10.9 Å². The molecule has 1 N–H and O–H groups in total. The molecule has 1 aromatic heterocycles. The summed E-state index contributed by atoms with van der Waals surface area (Å²) in [5, 5.41) is -0.0403. The molecule has 0 aliphatic carbocycles. The minimum Gasteiger partial charge on any atom is -0.495 e. The quantitative estimate of drug-likeness (QED) is 0.853. The van der Waals surface area contributed by atoms with Crippen LogP contribution in [0.3, 0.4) is 0 Å². The van der Waals surface area contributed by atoms with Crippen molar-refractivity contribution in [3.8, 4) is 5.75 Å². The van der Waals surface area contributed by atoms with E-state index in [1.54, 1.807) is 6.92 Å². The molecule has 0 saturated carbocycles. The molecule has 18 heavy (non-hydrogen) atoms. The number of nitrogens with one attached hydrogen (secondary N) is 1. The second kappa shape index (κ2) is 4.04. The van der Waals surface area contributed by atoms with Crippen molar-refractivity contribution in [1.29, 1.82) is 0 Å². The molecular formula is C12H10F3NO2. The van der Waals surface area contributed by atoms with E-state index in [4.69, 9.17) is 4.74 Å². The molecule has 2 rings (SSSR count). The second-order valence-corrected chi connectivity index (χ2v) is 3.88. The van der Waals surface area contributed by atoms with Crippen LogP contribution in [0.2, 0.25) is 0 Å². The van der Waals surface area contributed by atoms with Crippen LogP contribution in [0.1, 0.15) is 11.1 Å². The van der Waals surface area contributed by atoms with Crippen molar-refractivity contribution in [3.05, 3.63) is 39.7 Å². The first-order chi connectivity index (χ1) is 8.34. The molecule has 0 amide bonds. The number of H-pyrrole nitrogens is 1. The van der Waals surface area contributed by atoms with E-state index in [1.165, 1.54) is 19.2 Å². The van der Waals surface area contributed by atoms with Gasteiger partial charge in [-0.05, 0) is 18.6 Å². The Morgan fingerprint density at radius 2 is 1.94 bits per heavy atom. The molecule has 0 bridgehead atoms. The van der Waals surface area contributed by atoms with Gasteiger partial charge in [-0.3, -0.25) is 4.79 Å². The summed E-state index contributed by atoms with van der Waals surface area (Å²) >= 11 is 0. The molecule has 96 valence electrons. The van der Waals surface area contributed by atoms with Crippen molar-refractivity contribution in [3.63, 3.8) is 0 Å². The molecule has 0 fully saturated rings. The van der Waals surface area contributed by atoms with Crippen LogP contribution in [0, 0.1) is 6.92 Å². The summed E-state index contributed by atoms with van der Waals surface area (Å²) in [7, 11) is 1.34. The van der Waals surface area contributed by atoms with E-state index < -0.39 is 17.3 Å². The van der Waals surface area contributed by atoms with Gasteiger partial charge in [-0.15, -0.1) is 0 Å². The number of aromatic nitrogens is 1. The van der Waals surface area contributed by atoms with Gasteiger partial charge in [0.2, 0.25) is 5.56 Å². The molecule has 6 heteroatoms. The standard InChI is InChI=1S/C12H10F3NO2/c1-6-3-4-8(18-2)11-10(6)7(12(13,14)15)5-9(17)16-11/h3-5H,1-2H3,(H,16,17). The van der Waals surface area contributed by atoms with Gasteiger partial charge in [0.25, 0.3) is 0 Å². The Labute approximate surface area is 100 Å². The molecule has 3 nitrogen and oxygen atoms in total. The van der Waals surface area contributed by atoms with Gasteiger partial charge in [-0.25, -0.2) is 0 Å². The number of ether oxygens (including phenoxy) is 1. The molecule has 0 aliphatic heterocycles. The summed E-state index contributed by atoms with van der Waals surface area (Å²) in [4.78, 5) is 13.7. The second-order valence-electron chi connectivity index (χ2n) is 3.88. The molecule has 0 radical (unpaired) electrons. The third-order valence-electron chi connectivity index (χ3n) is 2.69. The zero-order valence-corrected chi connectivity index (χ0v) is 9.68. The Kier molecular flexibility index (Phi) is 2.80. The number of fused-ring (bicyclic) bond motifs is 1. The van der Waals surface area contributed by atoms with Gasteiger partial charge in [0, 0.05) is 11.5 Å². The summed E-state index contributed by atoms with van der Waals surface area (Å²) in [6, 6.07) is 3.61. The van der Waals surface area contributed by atoms with E-state index in [0.29, 0.717) is 11.6 Å². The number of halogens is 3. The Balaban J connectivity index is 3.00. The van der Waals surface area contributed by atoms with E-state index in [2.05, 4.69) is 4.98 Å². The first-order valence-electron chi connectivity index (χ1n) is 5.12. The zero-order chi connectivity index (χ0) is 13.5. The highest BCUT2D eigenvalue weighted by atomic mass is 19.4. The highest BCUT2D eigenvalue weighted by Gasteiger charge is 2.34. The lowest BCUT2D eigenvalue weighted by molar-refractivity contribution is -0.136. The molecule has 2 aromatic rings. The lowest BCUT2D eigenvalue weighted by Crippen LogP contribution is -2.15. The topological polar surface area (TPSA) is 42.1 Å². The number of rotatable bonds is 1. The molecule has 0 atom stereocenters. The number of hydrogen-bond acceptors (Lipinski definition) is 2. The average Bonchev–Trinajstić information content (AvgIpc) is 2.27. The number of alkyl halides is 3. The summed E-state index contributed by atoms with van der Waals surface area (Å²) in [5.41, 5.74) is -1.26. The van der Waals surface area contributed by atoms with E-state index in [-0.39, 0.29) is 16.7 Å². The van der Waals surface area contributed by atoms with Gasteiger partial charge in [0.1, 0.15) is 5.75 Å². The summed E-state index contributed by atoms with van der Waals surface area (Å²) in [5.74, 6) is 0.207. The van der Waals surface area contributed by atoms with Crippen molar-refractivity contribution in [2.45, 2.75) is 13.1 Å². The van der Waals surface area contributed by atoms with Crippen LogP contribution in [0.5, 0.6) is 5.75 Å². The highest BCUT2D eigenvalue weighted by molar-refractivity contribution is 5.90. The minimum atomic E-state index is -4.58. The largest absolute Gasteiger partial charge is 0.495 e. The van der Waals surface area contributed by atoms with Crippen LogP contribution < -0.4 is 10.3 Å². The van der Waals surface area contributed by atoms with Crippen molar-refractivity contribution in [1.82, 2.24) is 4.98 Å². The third-order valence-corrected chi connectivity index (χ3v) is 2.69. The minimum absolute atomic E-state index is 0.0403. The maximum absolute atomic E-state index is 12.9. The van der Waals surface area contributed by atoms with Gasteiger partial charge in [-0.1, -0.05) is 6.07 Å². The molecule has 0 aliphatic rings. The van der Waals surface area contributed by atoms with E-state index >= 15 is 0 Å². The lowest BCUT2D eigenvalue weighted by atomic mass is 10.0. The lowest BCUT2D eigenvalue weighted by Gasteiger charge is -2.13. The predicted molar refractivity (Wildman–Crippen MR) is 60.9 cm³/mol. The molecule has 1 aromatic carbocycles. The summed E-state index contributed by atoms with van der Waals surface area (Å²) in [6.45, 7) is 1.55. The van der Waals surface area contributed by atoms with E-state index in [9.17, 15) is 18.0 Å². The van der Waals surface area contributed by atoms with Crippen molar-refractivity contribution < 1.29 is 17.9 Å². The number of aryl methyl sites for hydroxylation is 1. The van der Waals surface area contributed by atoms with E-state index in [0.717, 1.165) is 0 Å². The van der Waals surface area contributed by atoms with Crippen LogP contribution in [-0.4, -0.2) is 12.1 Å². The number of pyridine rings is 1. The third kappa shape index (κ3) is 1.94. The fraction of sp³-hybridized carbons (Fsp3) is 0.250. The number of benzene rings is 1. The molecule has 1 heterocycles. The fourth-order valence-electron chi connectivity index (χ4n) is 1.92. The first-order valence-corrected chi connectivity index (χ1v) is 5.12. The Bertz CT molecular complexity index is 659. The van der Waals surface area contributed by atoms with Gasteiger partial charge in [-0.2, -0.15) is 13.2 Å². The summed E-state index contributed by atoms with van der Waals surface area (Å²) in [6.07, 6.45) is -4.58. The Morgan fingerprint density at radius 1 is 1.28 bits per heavy atom. The van der Waals surface area contributed by atoms with Crippen molar-refractivity contribution in [2.24, 2.45) is 0 Å². The monoisotopic (exact) mass is 257 g/mol. The van der Waals surface area contributed by atoms with Crippen LogP contribution >= 0.6 is 0 Å². The fourth-order valence-corrected chi connectivity index (χ4v) is 1.92. The summed E-state index contributed by atoms with van der Waals surface area (Å²) < 4.78 is 43.7. The van der Waals surface area contributed by atoms with Crippen LogP contribution in [0.15, 0.2) is 23.0 Å². The molecule has 0 saturated heterocycles. The molecule has 0 spiro atoms. The maximum atomic E-state index is 12.9. The van der Waals surface area contributed by atoms with Gasteiger partial charge >= 0.3 is 6.18 Å². The van der Waals surface area contributed by atoms with Crippen molar-refractivity contribution >= 4 is 10.9 Å². The highest BCUT2D eigenvalue weighted by Crippen LogP contribution is 2.37. The van der Waals surface area contributed by atoms with Crippen molar-refractivity contribution in [2.75, 3.05) is 7.11 Å². The SMILES string of the molecule is COc1ccc(C)c2c(C(F)(F)F)cc(=O)[nH]c12. The van der Waals surface area contributed by atoms with Crippen LogP contribution in [0.4, 0.5) is 13.2 Å². The normalized spacial score (nSPS) is 11.8. The van der Waals surface area contributed by atoms with E-state index in [1.807, 2.05) is 0 Å². The van der Waals surface area contributed by atoms with Gasteiger partial charge < -0.3 is 9.72 Å². The average molecular weight is 257 g/mol. The number of methoxy groups -OCH3 is 1. The number of aromatic amines is 1. The first kappa shape index (κ1) is 12.5. The van der Waals surface area contributed by atoms with Gasteiger partial charge in [0.15, 0.2) is 0 Å².